The van der Waals surface area contributed by atoms with Crippen LogP contribution in [0.5, 0.6) is 5.75 Å². The average Bonchev–Trinajstić information content (AvgIpc) is 3.01. The molecule has 1 saturated heterocycles. The Bertz CT molecular complexity index is 643. The van der Waals surface area contributed by atoms with E-state index in [-0.39, 0.29) is 17.2 Å². The Hall–Kier alpha value is -2.04. The molecule has 0 unspecified atom stereocenters. The van der Waals surface area contributed by atoms with Crippen molar-refractivity contribution >= 4 is 11.9 Å². The number of aliphatic carboxylic acids is 1. The van der Waals surface area contributed by atoms with Crippen molar-refractivity contribution in [3.63, 3.8) is 0 Å². The van der Waals surface area contributed by atoms with E-state index < -0.39 is 12.0 Å². The van der Waals surface area contributed by atoms with Gasteiger partial charge in [0.2, 0.25) is 5.91 Å². The van der Waals surface area contributed by atoms with Gasteiger partial charge in [0.25, 0.3) is 0 Å². The first-order chi connectivity index (χ1) is 10.6. The fraction of sp³-hybridized carbons (Fsp3) is 0.529. The highest BCUT2D eigenvalue weighted by Crippen LogP contribution is 2.61. The highest BCUT2D eigenvalue weighted by atomic mass is 16.5. The molecule has 2 heterocycles. The highest BCUT2D eigenvalue weighted by molar-refractivity contribution is 5.89. The van der Waals surface area contributed by atoms with Gasteiger partial charge in [-0.25, -0.2) is 4.79 Å². The predicted octanol–water partition coefficient (Wildman–Crippen LogP) is 1.80. The second-order valence-corrected chi connectivity index (χ2v) is 6.54. The van der Waals surface area contributed by atoms with Crippen LogP contribution in [0.25, 0.3) is 0 Å². The molecule has 2 fully saturated rings. The number of para-hydroxylation sites is 1. The number of carboxylic acids is 1. The van der Waals surface area contributed by atoms with Crippen LogP contribution in [0.1, 0.15) is 31.2 Å². The first-order valence-corrected chi connectivity index (χ1v) is 7.89. The van der Waals surface area contributed by atoms with E-state index in [9.17, 15) is 14.7 Å². The van der Waals surface area contributed by atoms with Crippen LogP contribution in [0, 0.1) is 5.92 Å². The van der Waals surface area contributed by atoms with Crippen LogP contribution in [0.3, 0.4) is 0 Å². The van der Waals surface area contributed by atoms with Gasteiger partial charge in [-0.15, -0.1) is 0 Å². The van der Waals surface area contributed by atoms with Crippen molar-refractivity contribution in [3.05, 3.63) is 29.8 Å². The Morgan fingerprint density at radius 3 is 2.95 bits per heavy atom. The lowest BCUT2D eigenvalue weighted by Gasteiger charge is -2.28. The van der Waals surface area contributed by atoms with Gasteiger partial charge in [-0.1, -0.05) is 18.2 Å². The third-order valence-electron chi connectivity index (χ3n) is 5.42. The van der Waals surface area contributed by atoms with Gasteiger partial charge in [-0.05, 0) is 31.7 Å². The molecule has 1 aliphatic carbocycles. The molecule has 0 radical (unpaired) electrons. The summed E-state index contributed by atoms with van der Waals surface area (Å²) in [5.74, 6) is -0.0766. The normalized spacial score (nSPS) is 32.5. The van der Waals surface area contributed by atoms with E-state index in [1.165, 1.54) is 0 Å². The largest absolute Gasteiger partial charge is 0.493 e. The van der Waals surface area contributed by atoms with E-state index in [1.54, 1.807) is 4.90 Å². The molecule has 1 N–H and O–H groups in total. The maximum atomic E-state index is 12.8. The fourth-order valence-electron chi connectivity index (χ4n) is 4.17. The molecule has 4 rings (SSSR count). The van der Waals surface area contributed by atoms with E-state index in [2.05, 4.69) is 0 Å². The minimum Gasteiger partial charge on any atom is -0.493 e. The van der Waals surface area contributed by atoms with Gasteiger partial charge in [0.1, 0.15) is 11.8 Å². The lowest BCUT2D eigenvalue weighted by Crippen LogP contribution is -2.42. The van der Waals surface area contributed by atoms with Crippen molar-refractivity contribution in [1.82, 2.24) is 4.90 Å². The summed E-state index contributed by atoms with van der Waals surface area (Å²) in [6, 6.07) is 7.27. The van der Waals surface area contributed by atoms with E-state index in [1.807, 2.05) is 24.3 Å². The van der Waals surface area contributed by atoms with Crippen molar-refractivity contribution < 1.29 is 19.4 Å². The van der Waals surface area contributed by atoms with Crippen molar-refractivity contribution in [3.8, 4) is 5.75 Å². The molecule has 5 heteroatoms. The van der Waals surface area contributed by atoms with Crippen LogP contribution in [-0.4, -0.2) is 41.1 Å². The number of carbonyl (C=O) groups is 2. The molecule has 1 amide bonds. The Morgan fingerprint density at radius 2 is 2.14 bits per heavy atom. The van der Waals surface area contributed by atoms with Crippen LogP contribution in [-0.2, 0) is 15.0 Å². The molecule has 3 atom stereocenters. The maximum absolute atomic E-state index is 12.8. The number of benzene rings is 1. The number of hydrogen-bond acceptors (Lipinski definition) is 3. The van der Waals surface area contributed by atoms with Crippen LogP contribution >= 0.6 is 0 Å². The second-order valence-electron chi connectivity index (χ2n) is 6.54. The topological polar surface area (TPSA) is 66.8 Å². The number of ether oxygens (including phenoxy) is 1. The number of rotatable bonds is 2. The molecule has 22 heavy (non-hydrogen) atoms. The lowest BCUT2D eigenvalue weighted by atomic mass is 9.87. The number of amides is 1. The highest BCUT2D eigenvalue weighted by Gasteiger charge is 2.62. The molecule has 2 aliphatic heterocycles. The first-order valence-electron chi connectivity index (χ1n) is 7.89. The predicted molar refractivity (Wildman–Crippen MR) is 78.7 cm³/mol. The second kappa shape index (κ2) is 4.73. The molecule has 1 aromatic carbocycles. The van der Waals surface area contributed by atoms with E-state index in [0.29, 0.717) is 19.6 Å². The van der Waals surface area contributed by atoms with Crippen LogP contribution in [0.4, 0.5) is 0 Å². The zero-order valence-corrected chi connectivity index (χ0v) is 12.3. The first kappa shape index (κ1) is 13.6. The van der Waals surface area contributed by atoms with E-state index in [0.717, 1.165) is 30.6 Å². The van der Waals surface area contributed by atoms with Gasteiger partial charge in [-0.3, -0.25) is 4.79 Å². The van der Waals surface area contributed by atoms with Gasteiger partial charge >= 0.3 is 5.97 Å². The third kappa shape index (κ3) is 1.84. The number of carboxylic acid groups (broad SMARTS) is 1. The number of nitrogens with zero attached hydrogens (tertiary/aromatic N) is 1. The number of carbonyl (C=O) groups excluding carboxylic acids is 1. The van der Waals surface area contributed by atoms with Crippen molar-refractivity contribution in [1.29, 1.82) is 0 Å². The Labute approximate surface area is 128 Å². The molecule has 3 aliphatic rings. The van der Waals surface area contributed by atoms with Gasteiger partial charge in [0, 0.05) is 23.4 Å². The van der Waals surface area contributed by atoms with Crippen molar-refractivity contribution in [2.75, 3.05) is 13.2 Å². The number of likely N-dealkylation sites (tertiary alicyclic amines) is 1. The zero-order chi connectivity index (χ0) is 15.3. The summed E-state index contributed by atoms with van der Waals surface area (Å²) < 4.78 is 5.69. The molecule has 1 saturated carbocycles. The van der Waals surface area contributed by atoms with Crippen molar-refractivity contribution in [2.24, 2.45) is 5.92 Å². The van der Waals surface area contributed by atoms with Crippen LogP contribution < -0.4 is 4.74 Å². The number of hydrogen-bond donors (Lipinski definition) is 1. The Morgan fingerprint density at radius 1 is 1.32 bits per heavy atom. The van der Waals surface area contributed by atoms with E-state index >= 15 is 0 Å². The standard InChI is InChI=1S/C17H19NO4/c19-15(18-8-3-5-13(18)16(20)21)12-10-17(12)7-9-22-14-6-2-1-4-11(14)17/h1-2,4,6,12-13H,3,5,7-10H2,(H,20,21)/t12-,13+,17-/m0/s1. The smallest absolute Gasteiger partial charge is 0.326 e. The minimum absolute atomic E-state index is 0.0154. The van der Waals surface area contributed by atoms with Crippen LogP contribution in [0.15, 0.2) is 24.3 Å². The molecule has 5 nitrogen and oxygen atoms in total. The molecular formula is C17H19NO4. The summed E-state index contributed by atoms with van der Waals surface area (Å²) >= 11 is 0. The quantitative estimate of drug-likeness (QED) is 0.904. The lowest BCUT2D eigenvalue weighted by molar-refractivity contribution is -0.149. The maximum Gasteiger partial charge on any atom is 0.326 e. The zero-order valence-electron chi connectivity index (χ0n) is 12.3. The van der Waals surface area contributed by atoms with Gasteiger partial charge in [-0.2, -0.15) is 0 Å². The summed E-state index contributed by atoms with van der Waals surface area (Å²) in [5, 5.41) is 9.28. The Balaban J connectivity index is 1.60. The monoisotopic (exact) mass is 301 g/mol. The molecule has 1 aromatic rings. The minimum atomic E-state index is -0.882. The van der Waals surface area contributed by atoms with E-state index in [4.69, 9.17) is 4.74 Å². The summed E-state index contributed by atoms with van der Waals surface area (Å²) in [4.78, 5) is 25.7. The third-order valence-corrected chi connectivity index (χ3v) is 5.42. The Kier molecular flexibility index (Phi) is 2.93. The fourth-order valence-corrected chi connectivity index (χ4v) is 4.17. The SMILES string of the molecule is O=C(O)[C@H]1CCCN1C(=O)[C@@H]1C[C@]12CCOc1ccccc12. The molecular weight excluding hydrogens is 282 g/mol. The summed E-state index contributed by atoms with van der Waals surface area (Å²) in [6.45, 7) is 1.20. The molecule has 0 aromatic heterocycles. The summed E-state index contributed by atoms with van der Waals surface area (Å²) in [6.07, 6.45) is 3.00. The van der Waals surface area contributed by atoms with Gasteiger partial charge < -0.3 is 14.7 Å². The van der Waals surface area contributed by atoms with Gasteiger partial charge in [0.05, 0.1) is 6.61 Å². The average molecular weight is 301 g/mol. The summed E-state index contributed by atoms with van der Waals surface area (Å²) in [7, 11) is 0. The van der Waals surface area contributed by atoms with Crippen LogP contribution in [0.2, 0.25) is 0 Å². The molecule has 1 spiro atoms. The van der Waals surface area contributed by atoms with Gasteiger partial charge in [0.15, 0.2) is 0 Å². The molecule has 116 valence electrons. The molecule has 0 bridgehead atoms. The number of fused-ring (bicyclic) bond motifs is 2. The summed E-state index contributed by atoms with van der Waals surface area (Å²) in [5.41, 5.74) is 0.989. The van der Waals surface area contributed by atoms with Crippen molar-refractivity contribution in [2.45, 2.75) is 37.1 Å².